The highest BCUT2D eigenvalue weighted by atomic mass is 32.2. The Labute approximate surface area is 207 Å². The highest BCUT2D eigenvalue weighted by Gasteiger charge is 2.25. The van der Waals surface area contributed by atoms with Crippen molar-refractivity contribution in [3.63, 3.8) is 0 Å². The van der Waals surface area contributed by atoms with Gasteiger partial charge in [-0.25, -0.2) is 15.0 Å². The van der Waals surface area contributed by atoms with E-state index in [-0.39, 0.29) is 11.1 Å². The number of nitrogens with one attached hydrogen (secondary N) is 2. The number of carbonyl (C=O) groups is 2. The minimum Gasteiger partial charge on any atom is -0.494 e. The predicted molar refractivity (Wildman–Crippen MR) is 136 cm³/mol. The van der Waals surface area contributed by atoms with Crippen LogP contribution in [0.15, 0.2) is 47.5 Å². The quantitative estimate of drug-likeness (QED) is 0.482. The van der Waals surface area contributed by atoms with Crippen molar-refractivity contribution >= 4 is 45.8 Å². The minimum atomic E-state index is -0.383. The number of nitrogens with zero attached hydrogens (tertiary/aromatic N) is 4. The number of imide groups is 1. The molecule has 9 nitrogen and oxygen atoms in total. The van der Waals surface area contributed by atoms with Gasteiger partial charge in [0.2, 0.25) is 5.95 Å². The van der Waals surface area contributed by atoms with Crippen molar-refractivity contribution in [3.8, 4) is 5.75 Å². The van der Waals surface area contributed by atoms with Gasteiger partial charge in [0.25, 0.3) is 11.1 Å². The zero-order valence-electron chi connectivity index (χ0n) is 19.4. The van der Waals surface area contributed by atoms with Crippen LogP contribution in [-0.4, -0.2) is 52.8 Å². The first-order valence-electron chi connectivity index (χ1n) is 11.6. The van der Waals surface area contributed by atoms with Gasteiger partial charge in [0.05, 0.1) is 23.4 Å². The number of piperidine rings is 1. The number of carbonyl (C=O) groups excluding carboxylic acids is 2. The van der Waals surface area contributed by atoms with Crippen LogP contribution < -0.4 is 20.3 Å². The van der Waals surface area contributed by atoms with Gasteiger partial charge >= 0.3 is 0 Å². The molecule has 0 unspecified atom stereocenters. The highest BCUT2D eigenvalue weighted by Crippen LogP contribution is 2.26. The smallest absolute Gasteiger partial charge is 0.290 e. The van der Waals surface area contributed by atoms with E-state index in [4.69, 9.17) is 9.72 Å². The molecule has 2 saturated heterocycles. The molecular weight excluding hydrogens is 464 g/mol. The molecule has 1 aromatic carbocycles. The molecule has 0 atom stereocenters. The van der Waals surface area contributed by atoms with Gasteiger partial charge in [-0.2, -0.15) is 0 Å². The van der Waals surface area contributed by atoms with Crippen LogP contribution in [-0.2, 0) is 11.3 Å². The summed E-state index contributed by atoms with van der Waals surface area (Å²) in [5.41, 5.74) is 2.50. The molecule has 0 aliphatic carbocycles. The van der Waals surface area contributed by atoms with E-state index in [0.717, 1.165) is 66.6 Å². The van der Waals surface area contributed by atoms with Gasteiger partial charge < -0.3 is 15.0 Å². The molecule has 2 N–H and O–H groups in total. The lowest BCUT2D eigenvalue weighted by Gasteiger charge is -2.32. The van der Waals surface area contributed by atoms with Crippen LogP contribution in [0.5, 0.6) is 5.75 Å². The van der Waals surface area contributed by atoms with Crippen LogP contribution in [0, 0.1) is 5.92 Å². The number of anilines is 1. The third kappa shape index (κ3) is 5.44. The second kappa shape index (κ2) is 10.4. The molecule has 2 aliphatic heterocycles. The van der Waals surface area contributed by atoms with Gasteiger partial charge in [0, 0.05) is 31.2 Å². The summed E-state index contributed by atoms with van der Waals surface area (Å²) in [4.78, 5) is 39.4. The zero-order valence-corrected chi connectivity index (χ0v) is 20.2. The summed E-state index contributed by atoms with van der Waals surface area (Å²) < 4.78 is 5.44. The Bertz CT molecular complexity index is 1290. The molecule has 10 heteroatoms. The second-order valence-electron chi connectivity index (χ2n) is 8.53. The number of hydrogen-bond donors (Lipinski definition) is 2. The first-order chi connectivity index (χ1) is 17.1. The fourth-order valence-corrected chi connectivity index (χ4v) is 4.98. The molecule has 0 radical (unpaired) electrons. The zero-order chi connectivity index (χ0) is 24.2. The maximum Gasteiger partial charge on any atom is 0.290 e. The molecule has 2 amide bonds. The number of ether oxygens (including phenoxy) is 1. The third-order valence-electron chi connectivity index (χ3n) is 6.18. The topological polar surface area (TPSA) is 109 Å². The largest absolute Gasteiger partial charge is 0.494 e. The van der Waals surface area contributed by atoms with Crippen molar-refractivity contribution in [3.05, 3.63) is 58.9 Å². The molecule has 0 saturated carbocycles. The van der Waals surface area contributed by atoms with E-state index in [9.17, 15) is 9.59 Å². The lowest BCUT2D eigenvalue weighted by molar-refractivity contribution is -0.115. The van der Waals surface area contributed by atoms with E-state index in [1.54, 1.807) is 25.4 Å². The van der Waals surface area contributed by atoms with Crippen molar-refractivity contribution in [2.45, 2.75) is 19.4 Å². The van der Waals surface area contributed by atoms with Crippen LogP contribution in [0.2, 0.25) is 0 Å². The lowest BCUT2D eigenvalue weighted by Crippen LogP contribution is -2.38. The molecule has 2 fully saturated rings. The van der Waals surface area contributed by atoms with Crippen molar-refractivity contribution in [1.82, 2.24) is 25.6 Å². The summed E-state index contributed by atoms with van der Waals surface area (Å²) in [6.45, 7) is 3.37. The van der Waals surface area contributed by atoms with Crippen LogP contribution in [0.3, 0.4) is 0 Å². The standard InChI is InChI=1S/C25H26N6O3S/c1-34-20-4-2-3-17-5-6-19(28-22(17)20)15-26-14-16-8-11-31(12-9-16)24-27-10-7-18(29-24)13-21-23(32)30-25(33)35-21/h2-7,10,13,16,26H,8-9,11-12,14-15H2,1H3,(H,30,32,33). The van der Waals surface area contributed by atoms with Gasteiger partial charge in [-0.05, 0) is 61.3 Å². The van der Waals surface area contributed by atoms with Gasteiger partial charge in [-0.1, -0.05) is 18.2 Å². The van der Waals surface area contributed by atoms with E-state index in [1.807, 2.05) is 18.2 Å². The number of para-hydroxylation sites is 1. The fraction of sp³-hybridized carbons (Fsp3) is 0.320. The average molecular weight is 491 g/mol. The summed E-state index contributed by atoms with van der Waals surface area (Å²) in [5.74, 6) is 1.62. The van der Waals surface area contributed by atoms with Crippen molar-refractivity contribution in [1.29, 1.82) is 0 Å². The molecule has 2 aliphatic rings. The Morgan fingerprint density at radius 2 is 2.03 bits per heavy atom. The number of hydrogen-bond acceptors (Lipinski definition) is 9. The molecular formula is C25H26N6O3S. The minimum absolute atomic E-state index is 0.351. The van der Waals surface area contributed by atoms with Gasteiger partial charge in [-0.15, -0.1) is 0 Å². The molecule has 2 aromatic heterocycles. The molecule has 5 rings (SSSR count). The maximum absolute atomic E-state index is 11.8. The van der Waals surface area contributed by atoms with E-state index in [0.29, 0.717) is 29.0 Å². The number of aromatic nitrogens is 3. The van der Waals surface area contributed by atoms with Crippen LogP contribution in [0.25, 0.3) is 17.0 Å². The summed E-state index contributed by atoms with van der Waals surface area (Å²) >= 11 is 0.888. The Hall–Kier alpha value is -3.50. The molecule has 0 bridgehead atoms. The molecule has 4 heterocycles. The Morgan fingerprint density at radius 1 is 1.17 bits per heavy atom. The number of benzene rings is 1. The summed E-state index contributed by atoms with van der Waals surface area (Å²) in [6, 6.07) is 11.8. The van der Waals surface area contributed by atoms with E-state index in [2.05, 4.69) is 37.6 Å². The van der Waals surface area contributed by atoms with Crippen molar-refractivity contribution in [2.75, 3.05) is 31.6 Å². The molecule has 180 valence electrons. The SMILES string of the molecule is COc1cccc2ccc(CNCC3CCN(c4nccc(C=C5SC(=O)NC5=O)n4)CC3)nc12. The van der Waals surface area contributed by atoms with Crippen LogP contribution >= 0.6 is 11.8 Å². The Kier molecular flexibility index (Phi) is 6.91. The average Bonchev–Trinajstić information content (AvgIpc) is 3.20. The van der Waals surface area contributed by atoms with E-state index in [1.165, 1.54) is 0 Å². The lowest BCUT2D eigenvalue weighted by atomic mass is 9.97. The molecule has 35 heavy (non-hydrogen) atoms. The number of amides is 2. The van der Waals surface area contributed by atoms with Crippen molar-refractivity contribution in [2.24, 2.45) is 5.92 Å². The first kappa shape index (κ1) is 23.3. The summed E-state index contributed by atoms with van der Waals surface area (Å²) in [5, 5.41) is 6.53. The molecule has 0 spiro atoms. The Balaban J connectivity index is 1.13. The predicted octanol–water partition coefficient (Wildman–Crippen LogP) is 3.36. The van der Waals surface area contributed by atoms with Crippen LogP contribution in [0.4, 0.5) is 10.7 Å². The normalized spacial score (nSPS) is 17.9. The van der Waals surface area contributed by atoms with E-state index < -0.39 is 0 Å². The van der Waals surface area contributed by atoms with Crippen LogP contribution in [0.1, 0.15) is 24.2 Å². The van der Waals surface area contributed by atoms with Gasteiger partial charge in [0.1, 0.15) is 11.3 Å². The number of rotatable bonds is 7. The van der Waals surface area contributed by atoms with E-state index >= 15 is 0 Å². The number of thioether (sulfide) groups is 1. The number of methoxy groups -OCH3 is 1. The highest BCUT2D eigenvalue weighted by molar-refractivity contribution is 8.18. The maximum atomic E-state index is 11.8. The Morgan fingerprint density at radius 3 is 2.80 bits per heavy atom. The van der Waals surface area contributed by atoms with Gasteiger partial charge in [0.15, 0.2) is 0 Å². The second-order valence-corrected chi connectivity index (χ2v) is 9.54. The van der Waals surface area contributed by atoms with Gasteiger partial charge in [-0.3, -0.25) is 14.9 Å². The first-order valence-corrected chi connectivity index (χ1v) is 12.4. The monoisotopic (exact) mass is 490 g/mol. The summed E-state index contributed by atoms with van der Waals surface area (Å²) in [7, 11) is 1.67. The molecule has 3 aromatic rings. The van der Waals surface area contributed by atoms with Crippen molar-refractivity contribution < 1.29 is 14.3 Å². The number of fused-ring (bicyclic) bond motifs is 1. The third-order valence-corrected chi connectivity index (χ3v) is 6.99. The fourth-order valence-electron chi connectivity index (χ4n) is 4.31. The number of pyridine rings is 1. The summed E-state index contributed by atoms with van der Waals surface area (Å²) in [6.07, 6.45) is 5.39.